The summed E-state index contributed by atoms with van der Waals surface area (Å²) < 4.78 is 12.0. The first-order valence-corrected chi connectivity index (χ1v) is 9.06. The van der Waals surface area contributed by atoms with Gasteiger partial charge in [0.15, 0.2) is 11.5 Å². The molecule has 0 saturated carbocycles. The van der Waals surface area contributed by atoms with Gasteiger partial charge in [0.05, 0.1) is 19.3 Å². The number of halogens is 1. The van der Waals surface area contributed by atoms with Crippen molar-refractivity contribution >= 4 is 28.5 Å². The Morgan fingerprint density at radius 3 is 2.67 bits per heavy atom. The molecule has 0 aliphatic carbocycles. The van der Waals surface area contributed by atoms with Crippen molar-refractivity contribution in [3.63, 3.8) is 0 Å². The molecule has 0 heterocycles. The summed E-state index contributed by atoms with van der Waals surface area (Å²) in [5, 5.41) is 2.94. The van der Waals surface area contributed by atoms with E-state index in [0.29, 0.717) is 24.5 Å². The molecule has 24 heavy (non-hydrogen) atoms. The fourth-order valence-corrected chi connectivity index (χ4v) is 2.82. The number of hydrogen-bond donors (Lipinski definition) is 1. The molecule has 0 fully saturated rings. The molecule has 0 saturated heterocycles. The second-order valence-electron chi connectivity index (χ2n) is 5.35. The fourth-order valence-electron chi connectivity index (χ4n) is 2.19. The van der Waals surface area contributed by atoms with E-state index in [1.165, 1.54) is 0 Å². The van der Waals surface area contributed by atoms with Crippen LogP contribution in [0.25, 0.3) is 0 Å². The Morgan fingerprint density at radius 1 is 1.17 bits per heavy atom. The lowest BCUT2D eigenvalue weighted by atomic mass is 10.1. The highest BCUT2D eigenvalue weighted by Gasteiger charge is 2.10. The third-order valence-electron chi connectivity index (χ3n) is 3.56. The van der Waals surface area contributed by atoms with Crippen LogP contribution in [0.5, 0.6) is 11.5 Å². The lowest BCUT2D eigenvalue weighted by Gasteiger charge is -2.12. The molecule has 2 rings (SSSR count). The third-order valence-corrected chi connectivity index (χ3v) is 4.50. The topological polar surface area (TPSA) is 47.6 Å². The normalized spacial score (nSPS) is 10.3. The SMILES string of the molecule is CCCCOc1ccc(CNC(=O)c2ccccc2I)cc1OC. The quantitative estimate of drug-likeness (QED) is 0.490. The maximum atomic E-state index is 12.3. The number of benzene rings is 2. The molecule has 2 aromatic carbocycles. The highest BCUT2D eigenvalue weighted by atomic mass is 127. The molecule has 1 N–H and O–H groups in total. The van der Waals surface area contributed by atoms with E-state index in [9.17, 15) is 4.79 Å². The van der Waals surface area contributed by atoms with Gasteiger partial charge in [-0.3, -0.25) is 4.79 Å². The highest BCUT2D eigenvalue weighted by Crippen LogP contribution is 2.28. The summed E-state index contributed by atoms with van der Waals surface area (Å²) >= 11 is 2.16. The molecule has 2 aromatic rings. The second kappa shape index (κ2) is 9.52. The van der Waals surface area contributed by atoms with Crippen molar-refractivity contribution < 1.29 is 14.3 Å². The van der Waals surface area contributed by atoms with Gasteiger partial charge in [-0.25, -0.2) is 0 Å². The predicted octanol–water partition coefficient (Wildman–Crippen LogP) is 4.41. The van der Waals surface area contributed by atoms with Gasteiger partial charge in [-0.2, -0.15) is 0 Å². The first kappa shape index (κ1) is 18.6. The summed E-state index contributed by atoms with van der Waals surface area (Å²) in [7, 11) is 1.62. The molecule has 0 radical (unpaired) electrons. The summed E-state index contributed by atoms with van der Waals surface area (Å²) in [4.78, 5) is 12.3. The van der Waals surface area contributed by atoms with Crippen molar-refractivity contribution in [1.29, 1.82) is 0 Å². The molecule has 1 amide bonds. The Hall–Kier alpha value is -1.76. The summed E-state index contributed by atoms with van der Waals surface area (Å²) in [6, 6.07) is 13.3. The molecule has 0 atom stereocenters. The predicted molar refractivity (Wildman–Crippen MR) is 104 cm³/mol. The van der Waals surface area contributed by atoms with Crippen LogP contribution >= 0.6 is 22.6 Å². The van der Waals surface area contributed by atoms with E-state index < -0.39 is 0 Å². The van der Waals surface area contributed by atoms with Crippen LogP contribution in [0.4, 0.5) is 0 Å². The Bertz CT molecular complexity index is 688. The number of amides is 1. The van der Waals surface area contributed by atoms with Crippen molar-refractivity contribution in [3.05, 3.63) is 57.2 Å². The molecule has 4 nitrogen and oxygen atoms in total. The first-order valence-electron chi connectivity index (χ1n) is 7.98. The highest BCUT2D eigenvalue weighted by molar-refractivity contribution is 14.1. The van der Waals surface area contributed by atoms with Crippen LogP contribution in [-0.4, -0.2) is 19.6 Å². The van der Waals surface area contributed by atoms with E-state index in [4.69, 9.17) is 9.47 Å². The lowest BCUT2D eigenvalue weighted by Crippen LogP contribution is -2.23. The summed E-state index contributed by atoms with van der Waals surface area (Å²) in [6.45, 7) is 3.24. The van der Waals surface area contributed by atoms with Crippen molar-refractivity contribution in [2.45, 2.75) is 26.3 Å². The molecule has 0 spiro atoms. The van der Waals surface area contributed by atoms with Gasteiger partial charge in [0, 0.05) is 10.1 Å². The van der Waals surface area contributed by atoms with Crippen molar-refractivity contribution in [2.24, 2.45) is 0 Å². The largest absolute Gasteiger partial charge is 0.493 e. The summed E-state index contributed by atoms with van der Waals surface area (Å²) in [6.07, 6.45) is 2.10. The number of hydrogen-bond acceptors (Lipinski definition) is 3. The number of carbonyl (C=O) groups is 1. The number of rotatable bonds is 8. The van der Waals surface area contributed by atoms with Crippen LogP contribution in [0.2, 0.25) is 0 Å². The zero-order chi connectivity index (χ0) is 17.4. The van der Waals surface area contributed by atoms with Gasteiger partial charge in [0.1, 0.15) is 0 Å². The maximum absolute atomic E-state index is 12.3. The zero-order valence-electron chi connectivity index (χ0n) is 14.0. The number of unbranched alkanes of at least 4 members (excludes halogenated alkanes) is 1. The van der Waals surface area contributed by atoms with Gasteiger partial charge < -0.3 is 14.8 Å². The molecule has 0 bridgehead atoms. The molecule has 0 aliphatic rings. The van der Waals surface area contributed by atoms with Gasteiger partial charge in [-0.05, 0) is 58.8 Å². The third kappa shape index (κ3) is 5.12. The first-order chi connectivity index (χ1) is 11.7. The molecular weight excluding hydrogens is 417 g/mol. The number of nitrogens with one attached hydrogen (secondary N) is 1. The minimum Gasteiger partial charge on any atom is -0.493 e. The van der Waals surface area contributed by atoms with Gasteiger partial charge in [0.2, 0.25) is 0 Å². The molecular formula is C19H22INO3. The smallest absolute Gasteiger partial charge is 0.252 e. The van der Waals surface area contributed by atoms with E-state index in [1.54, 1.807) is 7.11 Å². The minimum absolute atomic E-state index is 0.0813. The van der Waals surface area contributed by atoms with Gasteiger partial charge in [0.25, 0.3) is 5.91 Å². The van der Waals surface area contributed by atoms with E-state index in [2.05, 4.69) is 34.8 Å². The van der Waals surface area contributed by atoms with Gasteiger partial charge in [-0.15, -0.1) is 0 Å². The van der Waals surface area contributed by atoms with Crippen LogP contribution < -0.4 is 14.8 Å². The lowest BCUT2D eigenvalue weighted by molar-refractivity contribution is 0.0950. The average molecular weight is 439 g/mol. The van der Waals surface area contributed by atoms with E-state index >= 15 is 0 Å². The van der Waals surface area contributed by atoms with E-state index in [0.717, 1.165) is 27.7 Å². The van der Waals surface area contributed by atoms with Crippen LogP contribution in [0.3, 0.4) is 0 Å². The average Bonchev–Trinajstić information content (AvgIpc) is 2.61. The Morgan fingerprint density at radius 2 is 1.96 bits per heavy atom. The monoisotopic (exact) mass is 439 g/mol. The molecule has 5 heteroatoms. The fraction of sp³-hybridized carbons (Fsp3) is 0.316. The molecule has 0 unspecified atom stereocenters. The number of ether oxygens (including phenoxy) is 2. The zero-order valence-corrected chi connectivity index (χ0v) is 16.1. The number of methoxy groups -OCH3 is 1. The molecule has 0 aliphatic heterocycles. The summed E-state index contributed by atoms with van der Waals surface area (Å²) in [5.74, 6) is 1.34. The Balaban J connectivity index is 2.00. The van der Waals surface area contributed by atoms with Crippen LogP contribution in [0.15, 0.2) is 42.5 Å². The second-order valence-corrected chi connectivity index (χ2v) is 6.51. The van der Waals surface area contributed by atoms with Crippen molar-refractivity contribution in [1.82, 2.24) is 5.32 Å². The molecule has 128 valence electrons. The number of carbonyl (C=O) groups excluding carboxylic acids is 1. The van der Waals surface area contributed by atoms with Crippen LogP contribution in [0, 0.1) is 3.57 Å². The van der Waals surface area contributed by atoms with Gasteiger partial charge in [-0.1, -0.05) is 31.5 Å². The van der Waals surface area contributed by atoms with Gasteiger partial charge >= 0.3 is 0 Å². The molecule has 0 aromatic heterocycles. The Labute approximate surface area is 156 Å². The minimum atomic E-state index is -0.0813. The maximum Gasteiger partial charge on any atom is 0.252 e. The van der Waals surface area contributed by atoms with E-state index in [-0.39, 0.29) is 5.91 Å². The van der Waals surface area contributed by atoms with Crippen molar-refractivity contribution in [3.8, 4) is 11.5 Å². The Kier molecular flexibility index (Phi) is 7.36. The van der Waals surface area contributed by atoms with E-state index in [1.807, 2.05) is 42.5 Å². The van der Waals surface area contributed by atoms with Crippen LogP contribution in [-0.2, 0) is 6.54 Å². The van der Waals surface area contributed by atoms with Crippen LogP contribution in [0.1, 0.15) is 35.7 Å². The summed E-state index contributed by atoms with van der Waals surface area (Å²) in [5.41, 5.74) is 1.65. The standard InChI is InChI=1S/C19H22INO3/c1-3-4-11-24-17-10-9-14(12-18(17)23-2)13-21-19(22)15-7-5-6-8-16(15)20/h5-10,12H,3-4,11,13H2,1-2H3,(H,21,22). The van der Waals surface area contributed by atoms with Crippen molar-refractivity contribution in [2.75, 3.05) is 13.7 Å².